The van der Waals surface area contributed by atoms with E-state index in [0.717, 1.165) is 11.1 Å². The molecule has 0 amide bonds. The molecule has 0 bridgehead atoms. The number of hydrogen-bond donors (Lipinski definition) is 4. The smallest absolute Gasteiger partial charge is 0.204 e. The maximum atomic E-state index is 11.2. The highest BCUT2D eigenvalue weighted by molar-refractivity contribution is 5.57. The zero-order valence-electron chi connectivity index (χ0n) is 26.5. The minimum absolute atomic E-state index is 0.00156. The molecular formula is C33H40O13. The van der Waals surface area contributed by atoms with Gasteiger partial charge < -0.3 is 63.1 Å². The Morgan fingerprint density at radius 3 is 1.57 bits per heavy atom. The quantitative estimate of drug-likeness (QED) is 0.213. The number of phenols is 2. The summed E-state index contributed by atoms with van der Waals surface area (Å²) >= 11 is 0. The summed E-state index contributed by atoms with van der Waals surface area (Å²) in [5.74, 6) is 1.06. The molecule has 2 aliphatic heterocycles. The first-order valence-corrected chi connectivity index (χ1v) is 14.6. The van der Waals surface area contributed by atoms with Gasteiger partial charge in [-0.1, -0.05) is 0 Å². The summed E-state index contributed by atoms with van der Waals surface area (Å²) in [6.45, 7) is 0.250. The van der Waals surface area contributed by atoms with Gasteiger partial charge in [0, 0.05) is 17.4 Å². The first kappa shape index (κ1) is 33.1. The predicted molar refractivity (Wildman–Crippen MR) is 163 cm³/mol. The van der Waals surface area contributed by atoms with Crippen molar-refractivity contribution in [1.82, 2.24) is 0 Å². The number of ether oxygens (including phenoxy) is 9. The average molecular weight is 645 g/mol. The third kappa shape index (κ3) is 5.86. The summed E-state index contributed by atoms with van der Waals surface area (Å²) in [6.07, 6.45) is -3.30. The molecule has 250 valence electrons. The molecule has 2 fully saturated rings. The second kappa shape index (κ2) is 14.0. The number of hydrogen-bond acceptors (Lipinski definition) is 13. The SMILES string of the molecule is COc1cc([C@@H]2OC[C@@H]3[C@H]2CO[C@H]3c2cc(OC)c(O[C@@H](CO)[C@@H](O)c3ccc(OC)c(O)c3OC)c(OC)c2)cc(OC)c1O. The molecule has 0 spiro atoms. The second-order valence-electron chi connectivity index (χ2n) is 10.9. The van der Waals surface area contributed by atoms with Gasteiger partial charge in [0.05, 0.1) is 74.7 Å². The van der Waals surface area contributed by atoms with Gasteiger partial charge in [0.2, 0.25) is 17.2 Å². The molecule has 0 radical (unpaired) electrons. The van der Waals surface area contributed by atoms with Crippen LogP contribution < -0.4 is 33.2 Å². The van der Waals surface area contributed by atoms with Crippen LogP contribution in [0.5, 0.6) is 51.7 Å². The van der Waals surface area contributed by atoms with Crippen LogP contribution in [-0.4, -0.2) is 89.0 Å². The topological polar surface area (TPSA) is 164 Å². The third-order valence-electron chi connectivity index (χ3n) is 8.58. The van der Waals surface area contributed by atoms with E-state index in [-0.39, 0.29) is 69.9 Å². The van der Waals surface area contributed by atoms with E-state index in [1.807, 2.05) is 0 Å². The number of methoxy groups -OCH3 is 6. The van der Waals surface area contributed by atoms with Crippen LogP contribution in [0.3, 0.4) is 0 Å². The highest BCUT2D eigenvalue weighted by Crippen LogP contribution is 2.54. The molecule has 2 heterocycles. The van der Waals surface area contributed by atoms with Gasteiger partial charge in [-0.15, -0.1) is 0 Å². The van der Waals surface area contributed by atoms with Crippen LogP contribution in [0.25, 0.3) is 0 Å². The minimum Gasteiger partial charge on any atom is -0.502 e. The highest BCUT2D eigenvalue weighted by Gasteiger charge is 2.49. The van der Waals surface area contributed by atoms with Gasteiger partial charge in [-0.2, -0.15) is 0 Å². The van der Waals surface area contributed by atoms with Crippen molar-refractivity contribution < 1.29 is 63.1 Å². The van der Waals surface area contributed by atoms with E-state index < -0.39 is 18.8 Å². The Morgan fingerprint density at radius 2 is 1.13 bits per heavy atom. The fourth-order valence-electron chi connectivity index (χ4n) is 6.23. The molecule has 0 saturated carbocycles. The average Bonchev–Trinajstić information content (AvgIpc) is 3.69. The van der Waals surface area contributed by atoms with Gasteiger partial charge in [0.1, 0.15) is 6.10 Å². The van der Waals surface area contributed by atoms with E-state index in [4.69, 9.17) is 42.6 Å². The van der Waals surface area contributed by atoms with Crippen LogP contribution in [0.1, 0.15) is 35.0 Å². The summed E-state index contributed by atoms with van der Waals surface area (Å²) in [5.41, 5.74) is 1.75. The van der Waals surface area contributed by atoms with Crippen LogP contribution in [0.4, 0.5) is 0 Å². The monoisotopic (exact) mass is 644 g/mol. The fraction of sp³-hybridized carbons (Fsp3) is 0.455. The van der Waals surface area contributed by atoms with E-state index in [1.54, 1.807) is 24.3 Å². The van der Waals surface area contributed by atoms with Crippen molar-refractivity contribution in [2.75, 3.05) is 62.5 Å². The van der Waals surface area contributed by atoms with Crippen LogP contribution in [-0.2, 0) is 9.47 Å². The first-order chi connectivity index (χ1) is 22.2. The lowest BCUT2D eigenvalue weighted by molar-refractivity contribution is -0.00305. The number of aliphatic hydroxyl groups excluding tert-OH is 2. The predicted octanol–water partition coefficient (Wildman–Crippen LogP) is 3.70. The van der Waals surface area contributed by atoms with Crippen molar-refractivity contribution in [2.24, 2.45) is 11.8 Å². The lowest BCUT2D eigenvalue weighted by atomic mass is 9.84. The minimum atomic E-state index is -1.42. The number of fused-ring (bicyclic) bond motifs is 1. The van der Waals surface area contributed by atoms with Crippen molar-refractivity contribution in [2.45, 2.75) is 24.4 Å². The van der Waals surface area contributed by atoms with Crippen molar-refractivity contribution in [3.8, 4) is 51.7 Å². The molecule has 0 unspecified atom stereocenters. The Balaban J connectivity index is 1.41. The summed E-state index contributed by atoms with van der Waals surface area (Å²) in [6, 6.07) is 10.0. The molecule has 3 aromatic carbocycles. The van der Waals surface area contributed by atoms with Crippen molar-refractivity contribution in [1.29, 1.82) is 0 Å². The van der Waals surface area contributed by atoms with E-state index in [2.05, 4.69) is 0 Å². The fourth-order valence-corrected chi connectivity index (χ4v) is 6.23. The molecule has 4 N–H and O–H groups in total. The number of phenolic OH excluding ortho intramolecular Hbond substituents is 2. The molecule has 13 heteroatoms. The lowest BCUT2D eigenvalue weighted by Gasteiger charge is -2.27. The largest absolute Gasteiger partial charge is 0.502 e. The van der Waals surface area contributed by atoms with E-state index >= 15 is 0 Å². The van der Waals surface area contributed by atoms with Crippen molar-refractivity contribution >= 4 is 0 Å². The van der Waals surface area contributed by atoms with Crippen molar-refractivity contribution in [3.05, 3.63) is 53.1 Å². The lowest BCUT2D eigenvalue weighted by Crippen LogP contribution is -2.30. The van der Waals surface area contributed by atoms with Crippen LogP contribution >= 0.6 is 0 Å². The normalized spacial score (nSPS) is 21.7. The third-order valence-corrected chi connectivity index (χ3v) is 8.58. The first-order valence-electron chi connectivity index (χ1n) is 14.6. The Bertz CT molecular complexity index is 1480. The summed E-state index contributed by atoms with van der Waals surface area (Å²) < 4.78 is 51.2. The van der Waals surface area contributed by atoms with E-state index in [0.29, 0.717) is 24.7 Å². The maximum Gasteiger partial charge on any atom is 0.204 e. The number of benzene rings is 3. The molecular weight excluding hydrogens is 604 g/mol. The Kier molecular flexibility index (Phi) is 10.1. The zero-order valence-corrected chi connectivity index (χ0v) is 26.5. The van der Waals surface area contributed by atoms with Gasteiger partial charge in [-0.25, -0.2) is 0 Å². The molecule has 46 heavy (non-hydrogen) atoms. The van der Waals surface area contributed by atoms with Gasteiger partial charge in [0.25, 0.3) is 0 Å². The summed E-state index contributed by atoms with van der Waals surface area (Å²) in [5, 5.41) is 42.4. The van der Waals surface area contributed by atoms with Crippen LogP contribution in [0.2, 0.25) is 0 Å². The van der Waals surface area contributed by atoms with Gasteiger partial charge in [-0.05, 0) is 47.5 Å². The molecule has 6 atom stereocenters. The van der Waals surface area contributed by atoms with Crippen LogP contribution in [0, 0.1) is 11.8 Å². The van der Waals surface area contributed by atoms with Crippen LogP contribution in [0.15, 0.2) is 36.4 Å². The number of aromatic hydroxyl groups is 2. The molecule has 0 aromatic heterocycles. The Hall–Kier alpha value is -4.30. The van der Waals surface area contributed by atoms with E-state index in [9.17, 15) is 20.4 Å². The summed E-state index contributed by atoms with van der Waals surface area (Å²) in [4.78, 5) is 0. The number of rotatable bonds is 13. The zero-order chi connectivity index (χ0) is 33.1. The van der Waals surface area contributed by atoms with Gasteiger partial charge in [0.15, 0.2) is 40.6 Å². The molecule has 13 nitrogen and oxygen atoms in total. The summed E-state index contributed by atoms with van der Waals surface area (Å²) in [7, 11) is 8.63. The molecule has 3 aromatic rings. The van der Waals surface area contributed by atoms with Crippen molar-refractivity contribution in [3.63, 3.8) is 0 Å². The Morgan fingerprint density at radius 1 is 0.652 bits per heavy atom. The maximum absolute atomic E-state index is 11.2. The Labute approximate surface area is 266 Å². The molecule has 5 rings (SSSR count). The van der Waals surface area contributed by atoms with Gasteiger partial charge >= 0.3 is 0 Å². The molecule has 0 aliphatic carbocycles. The standard InChI is InChI=1S/C33H40O13/c1-38-21-8-7-18(32(43-6)29(21)37)27(35)26(13-34)46-33-24(41-4)11-17(12-25(33)42-5)31-20-15-44-30(19(20)14-45-31)16-9-22(39-2)28(36)23(10-16)40-3/h7-12,19-20,26-27,30-31,34-37H,13-15H2,1-6H3/t19-,20-,26+,27+,30+,31+/m1/s1. The molecule has 2 aliphatic rings. The second-order valence-corrected chi connectivity index (χ2v) is 10.9. The number of aliphatic hydroxyl groups is 2. The van der Waals surface area contributed by atoms with E-state index in [1.165, 1.54) is 54.8 Å². The van der Waals surface area contributed by atoms with Gasteiger partial charge in [-0.3, -0.25) is 0 Å². The highest BCUT2D eigenvalue weighted by atomic mass is 16.6. The molecule has 2 saturated heterocycles.